The molecule has 1 nitrogen and oxygen atoms in total. The smallest absolute Gasteiger partial charge is 0.136 e. The summed E-state index contributed by atoms with van der Waals surface area (Å²) in [5.41, 5.74) is 4.81. The van der Waals surface area contributed by atoms with Crippen LogP contribution in [0.5, 0.6) is 11.5 Å². The van der Waals surface area contributed by atoms with E-state index in [0.717, 1.165) is 60.7 Å². The maximum Gasteiger partial charge on any atom is 0.136 e. The van der Waals surface area contributed by atoms with Gasteiger partial charge in [-0.2, -0.15) is 0 Å². The van der Waals surface area contributed by atoms with Crippen LogP contribution < -0.4 is 4.74 Å². The van der Waals surface area contributed by atoms with Crippen molar-refractivity contribution in [3.8, 4) is 44.9 Å². The Morgan fingerprint density at radius 2 is 1.06 bits per heavy atom. The predicted molar refractivity (Wildman–Crippen MR) is 199 cm³/mol. The van der Waals surface area contributed by atoms with E-state index in [4.69, 9.17) is 14.3 Å². The van der Waals surface area contributed by atoms with Gasteiger partial charge in [-0.1, -0.05) is 133 Å². The Kier molecular flexibility index (Phi) is 3.54. The van der Waals surface area contributed by atoms with E-state index >= 15 is 0 Å². The van der Waals surface area contributed by atoms with Crippen LogP contribution in [0.2, 0.25) is 0 Å². The van der Waals surface area contributed by atoms with Crippen LogP contribution >= 0.6 is 0 Å². The van der Waals surface area contributed by atoms with Crippen molar-refractivity contribution in [3.63, 3.8) is 0 Å². The zero-order chi connectivity index (χ0) is 38.5. The number of fused-ring (bicyclic) bond motifs is 5. The number of hydrogen-bond donors (Lipinski definition) is 0. The molecule has 0 saturated heterocycles. The molecule has 0 unspecified atom stereocenters. The third kappa shape index (κ3) is 3.49. The van der Waals surface area contributed by atoms with Crippen molar-refractivity contribution in [1.29, 1.82) is 0 Å². The quantitative estimate of drug-likeness (QED) is 0.179. The van der Waals surface area contributed by atoms with Crippen LogP contribution in [0.3, 0.4) is 0 Å². The second-order valence-corrected chi connectivity index (χ2v) is 12.1. The van der Waals surface area contributed by atoms with E-state index in [-0.39, 0.29) is 68.1 Å². The van der Waals surface area contributed by atoms with Crippen LogP contribution in [0, 0.1) is 0 Å². The van der Waals surface area contributed by atoms with E-state index < -0.39 is 24.2 Å². The lowest BCUT2D eigenvalue weighted by atomic mass is 9.88. The Hall–Kier alpha value is -6.18. The van der Waals surface area contributed by atoms with Gasteiger partial charge in [0.25, 0.3) is 0 Å². The third-order valence-corrected chi connectivity index (χ3v) is 9.63. The summed E-state index contributed by atoms with van der Waals surface area (Å²) < 4.78 is 86.4. The molecule has 0 amide bonds. The van der Waals surface area contributed by atoms with Gasteiger partial charge in [0.2, 0.25) is 0 Å². The number of hydrogen-bond acceptors (Lipinski definition) is 1. The first-order chi connectivity index (χ1) is 27.0. The van der Waals surface area contributed by atoms with Gasteiger partial charge in [0, 0.05) is 10.9 Å². The second-order valence-electron chi connectivity index (χ2n) is 12.1. The molecule has 11 rings (SSSR count). The largest absolute Gasteiger partial charge is 0.456 e. The highest BCUT2D eigenvalue weighted by Crippen LogP contribution is 2.50. The van der Waals surface area contributed by atoms with Crippen LogP contribution in [0.15, 0.2) is 158 Å². The standard InChI is InChI=1S/C46H26O/c1-2-10-35-31(6-1)26-43-46-38(35)12-5-13-39(46)41-25-33(19-23-42(41)47-43)34-11-4-9-30-24-32(18-21-36(30)34)37-20-16-29-15-14-27-7-3-8-28-17-22-40(37)45(29)44(27)28/h1-26H/i3D,7D,8D,14D,15D,16D,17D,20D,22D. The monoisotopic (exact) mass is 603 g/mol. The molecule has 10 aromatic rings. The van der Waals surface area contributed by atoms with Crippen LogP contribution in [0.1, 0.15) is 12.3 Å². The molecule has 1 aliphatic heterocycles. The first-order valence-electron chi connectivity index (χ1n) is 20.0. The zero-order valence-electron chi connectivity index (χ0n) is 33.7. The summed E-state index contributed by atoms with van der Waals surface area (Å²) in [5.74, 6) is 1.61. The van der Waals surface area contributed by atoms with Gasteiger partial charge >= 0.3 is 0 Å². The van der Waals surface area contributed by atoms with E-state index in [1.54, 1.807) is 0 Å². The van der Waals surface area contributed by atoms with Crippen molar-refractivity contribution in [2.24, 2.45) is 0 Å². The molecule has 0 spiro atoms. The lowest BCUT2D eigenvalue weighted by molar-refractivity contribution is 0.488. The van der Waals surface area contributed by atoms with Crippen LogP contribution in [0.4, 0.5) is 0 Å². The molecule has 216 valence electrons. The summed E-state index contributed by atoms with van der Waals surface area (Å²) in [6.45, 7) is 0. The van der Waals surface area contributed by atoms with E-state index in [1.807, 2.05) is 48.5 Å². The summed E-state index contributed by atoms with van der Waals surface area (Å²) in [6.07, 6.45) is 0. The molecule has 47 heavy (non-hydrogen) atoms. The molecule has 0 aromatic heterocycles. The summed E-state index contributed by atoms with van der Waals surface area (Å²) in [5, 5.41) is 6.61. The maximum absolute atomic E-state index is 9.23. The van der Waals surface area contributed by atoms with Gasteiger partial charge in [-0.25, -0.2) is 0 Å². The van der Waals surface area contributed by atoms with Gasteiger partial charge in [-0.3, -0.25) is 0 Å². The summed E-state index contributed by atoms with van der Waals surface area (Å²) >= 11 is 0. The molecule has 0 fully saturated rings. The SMILES string of the molecule is [2H]c1c([2H])c2c([2H])c([2H])c3c([2H])c([2H])c(-c4ccc5c(-c6ccc7c(c6)-c6cccc8c6c(cc6ccccc68)O7)cccc5c4)c4c([2H])c([2H])c(c1[2H])c2c34. The molecule has 10 aromatic carbocycles. The summed E-state index contributed by atoms with van der Waals surface area (Å²) in [4.78, 5) is 0. The van der Waals surface area contributed by atoms with Crippen LogP contribution in [-0.2, 0) is 0 Å². The highest BCUT2D eigenvalue weighted by molar-refractivity contribution is 6.25. The minimum Gasteiger partial charge on any atom is -0.456 e. The molecule has 0 N–H and O–H groups in total. The second kappa shape index (κ2) is 9.19. The van der Waals surface area contributed by atoms with E-state index in [0.29, 0.717) is 5.56 Å². The number of ether oxygens (including phenoxy) is 1. The Labute approximate surface area is 283 Å². The molecule has 0 radical (unpaired) electrons. The average molecular weight is 604 g/mol. The first-order valence-corrected chi connectivity index (χ1v) is 15.5. The topological polar surface area (TPSA) is 9.23 Å². The lowest BCUT2D eigenvalue weighted by Crippen LogP contribution is -1.98. The minimum absolute atomic E-state index is 0.0350. The van der Waals surface area contributed by atoms with Crippen LogP contribution in [0.25, 0.3) is 98.0 Å². The maximum atomic E-state index is 9.23. The molecule has 0 saturated carbocycles. The molecular weight excluding hydrogens is 569 g/mol. The zero-order valence-corrected chi connectivity index (χ0v) is 24.7. The highest BCUT2D eigenvalue weighted by Gasteiger charge is 2.22. The fourth-order valence-corrected chi connectivity index (χ4v) is 7.51. The third-order valence-electron chi connectivity index (χ3n) is 9.63. The Morgan fingerprint density at radius 3 is 2.00 bits per heavy atom. The number of benzene rings is 10. The van der Waals surface area contributed by atoms with Crippen molar-refractivity contribution in [3.05, 3.63) is 158 Å². The van der Waals surface area contributed by atoms with Crippen molar-refractivity contribution < 1.29 is 17.1 Å². The predicted octanol–water partition coefficient (Wildman–Crippen LogP) is 13.2. The Bertz CT molecular complexity index is 3420. The van der Waals surface area contributed by atoms with Crippen molar-refractivity contribution in [2.75, 3.05) is 0 Å². The highest BCUT2D eigenvalue weighted by atomic mass is 16.5. The summed E-state index contributed by atoms with van der Waals surface area (Å²) in [6, 6.07) is 31.4. The fourth-order valence-electron chi connectivity index (χ4n) is 7.51. The summed E-state index contributed by atoms with van der Waals surface area (Å²) in [7, 11) is 0. The van der Waals surface area contributed by atoms with E-state index in [1.165, 1.54) is 5.39 Å². The average Bonchev–Trinajstić information content (AvgIpc) is 3.21. The fraction of sp³-hybridized carbons (Fsp3) is 0. The van der Waals surface area contributed by atoms with Crippen molar-refractivity contribution >= 4 is 64.6 Å². The van der Waals surface area contributed by atoms with Gasteiger partial charge in [-0.05, 0) is 111 Å². The molecule has 0 aliphatic carbocycles. The molecule has 0 bridgehead atoms. The Morgan fingerprint density at radius 1 is 0.362 bits per heavy atom. The normalized spacial score (nSPS) is 15.1. The van der Waals surface area contributed by atoms with Crippen LogP contribution in [-0.4, -0.2) is 0 Å². The van der Waals surface area contributed by atoms with Crippen molar-refractivity contribution in [2.45, 2.75) is 0 Å². The van der Waals surface area contributed by atoms with Gasteiger partial charge in [0.1, 0.15) is 11.5 Å². The van der Waals surface area contributed by atoms with Gasteiger partial charge in [-0.15, -0.1) is 0 Å². The minimum atomic E-state index is -0.489. The molecule has 1 aliphatic rings. The molecule has 1 heteroatoms. The Balaban J connectivity index is 1.13. The molecule has 0 atom stereocenters. The first kappa shape index (κ1) is 18.1. The van der Waals surface area contributed by atoms with Gasteiger partial charge < -0.3 is 4.74 Å². The van der Waals surface area contributed by atoms with Gasteiger partial charge in [0.15, 0.2) is 0 Å². The molecule has 1 heterocycles. The lowest BCUT2D eigenvalue weighted by Gasteiger charge is -2.23. The van der Waals surface area contributed by atoms with Gasteiger partial charge in [0.05, 0.1) is 12.3 Å². The molecular formula is C46H26O. The van der Waals surface area contributed by atoms with E-state index in [2.05, 4.69) is 54.6 Å². The van der Waals surface area contributed by atoms with Crippen molar-refractivity contribution in [1.82, 2.24) is 0 Å². The number of rotatable bonds is 2. The van der Waals surface area contributed by atoms with E-state index in [9.17, 15) is 2.74 Å².